The number of anilines is 1. The molecular formula is C10H11ClN4O. The molecule has 0 aromatic carbocycles. The monoisotopic (exact) mass is 238 g/mol. The molecule has 84 valence electrons. The molecule has 0 radical (unpaired) electrons. The van der Waals surface area contributed by atoms with Crippen LogP contribution in [0, 0.1) is 11.3 Å². The van der Waals surface area contributed by atoms with Gasteiger partial charge in [-0.3, -0.25) is 4.79 Å². The zero-order valence-electron chi connectivity index (χ0n) is 8.75. The number of amides is 1. The van der Waals surface area contributed by atoms with Crippen LogP contribution in [0.15, 0.2) is 12.3 Å². The maximum atomic E-state index is 10.6. The average molecular weight is 239 g/mol. The minimum atomic E-state index is -0.0911. The largest absolute Gasteiger partial charge is 0.367 e. The van der Waals surface area contributed by atoms with Crippen LogP contribution in [0.1, 0.15) is 12.5 Å². The Morgan fingerprint density at radius 3 is 3.00 bits per heavy atom. The molecule has 0 fully saturated rings. The number of nitrogens with one attached hydrogen (secondary N) is 2. The molecule has 1 aromatic rings. The van der Waals surface area contributed by atoms with Crippen molar-refractivity contribution >= 4 is 23.3 Å². The molecule has 0 aliphatic carbocycles. The van der Waals surface area contributed by atoms with Gasteiger partial charge in [0.05, 0.1) is 5.56 Å². The van der Waals surface area contributed by atoms with Crippen LogP contribution < -0.4 is 10.6 Å². The molecule has 0 spiro atoms. The fraction of sp³-hybridized carbons (Fsp3) is 0.300. The summed E-state index contributed by atoms with van der Waals surface area (Å²) in [5, 5.41) is 14.6. The SMILES string of the molecule is CC(=O)NCCNc1nccc(C#N)c1Cl. The third-order valence-electron chi connectivity index (χ3n) is 1.80. The number of carbonyl (C=O) groups is 1. The van der Waals surface area contributed by atoms with Gasteiger partial charge in [0.2, 0.25) is 5.91 Å². The zero-order chi connectivity index (χ0) is 12.0. The number of rotatable bonds is 4. The predicted molar refractivity (Wildman–Crippen MR) is 61.1 cm³/mol. The Balaban J connectivity index is 2.55. The van der Waals surface area contributed by atoms with Gasteiger partial charge in [0, 0.05) is 26.2 Å². The van der Waals surface area contributed by atoms with Crippen LogP contribution in [0.4, 0.5) is 5.82 Å². The summed E-state index contributed by atoms with van der Waals surface area (Å²) in [6, 6.07) is 3.51. The highest BCUT2D eigenvalue weighted by atomic mass is 35.5. The average Bonchev–Trinajstić information content (AvgIpc) is 2.26. The Bertz CT molecular complexity index is 427. The van der Waals surface area contributed by atoms with Crippen molar-refractivity contribution in [2.75, 3.05) is 18.4 Å². The number of pyridine rings is 1. The second-order valence-electron chi connectivity index (χ2n) is 3.04. The number of hydrogen-bond donors (Lipinski definition) is 2. The summed E-state index contributed by atoms with van der Waals surface area (Å²) in [5.74, 6) is 0.359. The van der Waals surface area contributed by atoms with Crippen molar-refractivity contribution in [3.8, 4) is 6.07 Å². The molecule has 5 nitrogen and oxygen atoms in total. The van der Waals surface area contributed by atoms with E-state index in [4.69, 9.17) is 16.9 Å². The van der Waals surface area contributed by atoms with Gasteiger partial charge in [-0.2, -0.15) is 5.26 Å². The molecule has 0 saturated carbocycles. The lowest BCUT2D eigenvalue weighted by Crippen LogP contribution is -2.26. The molecule has 2 N–H and O–H groups in total. The highest BCUT2D eigenvalue weighted by Crippen LogP contribution is 2.22. The Hall–Kier alpha value is -1.80. The quantitative estimate of drug-likeness (QED) is 0.772. The first-order valence-corrected chi connectivity index (χ1v) is 5.06. The number of nitrogens with zero attached hydrogens (tertiary/aromatic N) is 2. The minimum Gasteiger partial charge on any atom is -0.367 e. The highest BCUT2D eigenvalue weighted by molar-refractivity contribution is 6.34. The normalized spacial score (nSPS) is 9.31. The van der Waals surface area contributed by atoms with E-state index in [1.807, 2.05) is 6.07 Å². The Labute approximate surface area is 98.4 Å². The summed E-state index contributed by atoms with van der Waals surface area (Å²) >= 11 is 5.92. The van der Waals surface area contributed by atoms with Crippen LogP contribution in [-0.4, -0.2) is 24.0 Å². The highest BCUT2D eigenvalue weighted by Gasteiger charge is 2.05. The van der Waals surface area contributed by atoms with Crippen LogP contribution in [0.5, 0.6) is 0 Å². The molecule has 0 atom stereocenters. The third kappa shape index (κ3) is 3.41. The van der Waals surface area contributed by atoms with Crippen molar-refractivity contribution in [1.82, 2.24) is 10.3 Å². The van der Waals surface area contributed by atoms with Crippen LogP contribution in [0.3, 0.4) is 0 Å². The first-order valence-electron chi connectivity index (χ1n) is 4.68. The summed E-state index contributed by atoms with van der Waals surface area (Å²) in [7, 11) is 0. The van der Waals surface area contributed by atoms with Gasteiger partial charge < -0.3 is 10.6 Å². The van der Waals surface area contributed by atoms with Gasteiger partial charge >= 0.3 is 0 Å². The van der Waals surface area contributed by atoms with Gasteiger partial charge in [0.25, 0.3) is 0 Å². The zero-order valence-corrected chi connectivity index (χ0v) is 9.51. The standard InChI is InChI=1S/C10H11ClN4O/c1-7(16)13-4-5-15-10-9(11)8(6-12)2-3-14-10/h2-3H,4-5H2,1H3,(H,13,16)(H,14,15). The molecular weight excluding hydrogens is 228 g/mol. The van der Waals surface area contributed by atoms with Crippen molar-refractivity contribution in [1.29, 1.82) is 5.26 Å². The van der Waals surface area contributed by atoms with E-state index in [9.17, 15) is 4.79 Å². The maximum absolute atomic E-state index is 10.6. The van der Waals surface area contributed by atoms with Crippen LogP contribution in [0.25, 0.3) is 0 Å². The van der Waals surface area contributed by atoms with Crippen LogP contribution >= 0.6 is 11.6 Å². The van der Waals surface area contributed by atoms with Gasteiger partial charge in [0.1, 0.15) is 16.9 Å². The van der Waals surface area contributed by atoms with E-state index in [-0.39, 0.29) is 5.91 Å². The summed E-state index contributed by atoms with van der Waals surface area (Å²) in [5.41, 5.74) is 0.374. The van der Waals surface area contributed by atoms with Gasteiger partial charge in [-0.25, -0.2) is 4.98 Å². The maximum Gasteiger partial charge on any atom is 0.216 e. The fourth-order valence-electron chi connectivity index (χ4n) is 1.07. The van der Waals surface area contributed by atoms with E-state index in [1.54, 1.807) is 6.07 Å². The number of nitriles is 1. The van der Waals surface area contributed by atoms with Gasteiger partial charge in [-0.15, -0.1) is 0 Å². The number of hydrogen-bond acceptors (Lipinski definition) is 4. The molecule has 0 bridgehead atoms. The molecule has 1 heterocycles. The molecule has 6 heteroatoms. The van der Waals surface area contributed by atoms with Gasteiger partial charge in [0.15, 0.2) is 0 Å². The van der Waals surface area contributed by atoms with Crippen molar-refractivity contribution in [2.45, 2.75) is 6.92 Å². The lowest BCUT2D eigenvalue weighted by Gasteiger charge is -2.07. The molecule has 16 heavy (non-hydrogen) atoms. The predicted octanol–water partition coefficient (Wildman–Crippen LogP) is 1.15. The van der Waals surface area contributed by atoms with Crippen LogP contribution in [0.2, 0.25) is 5.02 Å². The molecule has 0 unspecified atom stereocenters. The topological polar surface area (TPSA) is 77.8 Å². The van der Waals surface area contributed by atoms with E-state index in [0.717, 1.165) is 0 Å². The van der Waals surface area contributed by atoms with Crippen molar-refractivity contribution in [2.24, 2.45) is 0 Å². The Morgan fingerprint density at radius 1 is 1.62 bits per heavy atom. The molecule has 1 amide bonds. The lowest BCUT2D eigenvalue weighted by molar-refractivity contribution is -0.118. The summed E-state index contributed by atoms with van der Waals surface area (Å²) in [4.78, 5) is 14.6. The van der Waals surface area contributed by atoms with Crippen molar-refractivity contribution < 1.29 is 4.79 Å². The lowest BCUT2D eigenvalue weighted by atomic mass is 10.3. The second kappa shape index (κ2) is 5.93. The Morgan fingerprint density at radius 2 is 2.38 bits per heavy atom. The molecule has 1 rings (SSSR count). The van der Waals surface area contributed by atoms with Gasteiger partial charge in [-0.1, -0.05) is 11.6 Å². The summed E-state index contributed by atoms with van der Waals surface area (Å²) in [6.45, 7) is 2.42. The fourth-order valence-corrected chi connectivity index (χ4v) is 1.29. The van der Waals surface area contributed by atoms with E-state index < -0.39 is 0 Å². The van der Waals surface area contributed by atoms with Crippen LogP contribution in [-0.2, 0) is 4.79 Å². The molecule has 0 saturated heterocycles. The molecule has 1 aromatic heterocycles. The first kappa shape index (κ1) is 12.3. The van der Waals surface area contributed by atoms with E-state index in [1.165, 1.54) is 13.1 Å². The van der Waals surface area contributed by atoms with E-state index >= 15 is 0 Å². The smallest absolute Gasteiger partial charge is 0.216 e. The second-order valence-corrected chi connectivity index (χ2v) is 3.42. The van der Waals surface area contributed by atoms with E-state index in [0.29, 0.717) is 29.5 Å². The summed E-state index contributed by atoms with van der Waals surface area (Å²) in [6.07, 6.45) is 1.51. The van der Waals surface area contributed by atoms with Crippen molar-refractivity contribution in [3.05, 3.63) is 22.8 Å². The van der Waals surface area contributed by atoms with Gasteiger partial charge in [-0.05, 0) is 6.07 Å². The molecule has 0 aliphatic rings. The first-order chi connectivity index (χ1) is 7.65. The minimum absolute atomic E-state index is 0.0911. The van der Waals surface area contributed by atoms with Crippen molar-refractivity contribution in [3.63, 3.8) is 0 Å². The Kier molecular flexibility index (Phi) is 4.55. The third-order valence-corrected chi connectivity index (χ3v) is 2.18. The number of halogens is 1. The van der Waals surface area contributed by atoms with E-state index in [2.05, 4.69) is 15.6 Å². The number of aromatic nitrogens is 1. The number of carbonyl (C=O) groups excluding carboxylic acids is 1. The molecule has 0 aliphatic heterocycles. The summed E-state index contributed by atoms with van der Waals surface area (Å²) < 4.78 is 0.